The van der Waals surface area contributed by atoms with Crippen molar-refractivity contribution < 1.29 is 0 Å². The van der Waals surface area contributed by atoms with Gasteiger partial charge in [-0.25, -0.2) is 4.68 Å². The Bertz CT molecular complexity index is 723. The normalized spacial score (nSPS) is 10.8. The van der Waals surface area contributed by atoms with E-state index in [9.17, 15) is 0 Å². The van der Waals surface area contributed by atoms with E-state index in [2.05, 4.69) is 73.7 Å². The highest BCUT2D eigenvalue weighted by molar-refractivity contribution is 5.62. The van der Waals surface area contributed by atoms with Gasteiger partial charge in [0.15, 0.2) is 0 Å². The van der Waals surface area contributed by atoms with Crippen molar-refractivity contribution >= 4 is 0 Å². The average molecular weight is 276 g/mol. The topological polar surface area (TPSA) is 17.8 Å². The first-order valence-corrected chi connectivity index (χ1v) is 7.47. The van der Waals surface area contributed by atoms with Crippen LogP contribution in [0, 0.1) is 6.92 Å². The predicted molar refractivity (Wildman–Crippen MR) is 87.7 cm³/mol. The third-order valence-electron chi connectivity index (χ3n) is 3.68. The average Bonchev–Trinajstić information content (AvgIpc) is 2.98. The number of nitrogens with zero attached hydrogens (tertiary/aromatic N) is 2. The Morgan fingerprint density at radius 3 is 2.57 bits per heavy atom. The van der Waals surface area contributed by atoms with Gasteiger partial charge in [0.05, 0.1) is 11.9 Å². The zero-order valence-electron chi connectivity index (χ0n) is 12.6. The van der Waals surface area contributed by atoms with Gasteiger partial charge in [-0.05, 0) is 36.6 Å². The number of hydrogen-bond acceptors (Lipinski definition) is 1. The molecule has 2 heteroatoms. The Hall–Kier alpha value is -2.35. The van der Waals surface area contributed by atoms with Crippen LogP contribution in [0.1, 0.15) is 24.5 Å². The molecule has 0 radical (unpaired) electrons. The molecule has 21 heavy (non-hydrogen) atoms. The summed E-state index contributed by atoms with van der Waals surface area (Å²) in [5, 5.41) is 4.50. The third kappa shape index (κ3) is 3.05. The lowest BCUT2D eigenvalue weighted by Crippen LogP contribution is -1.95. The molecular weight excluding hydrogens is 256 g/mol. The molecule has 2 aromatic carbocycles. The molecule has 3 aromatic rings. The zero-order valence-corrected chi connectivity index (χ0v) is 12.6. The van der Waals surface area contributed by atoms with Gasteiger partial charge >= 0.3 is 0 Å². The molecule has 1 aromatic heterocycles. The highest BCUT2D eigenvalue weighted by Gasteiger charge is 2.04. The van der Waals surface area contributed by atoms with E-state index in [0.29, 0.717) is 0 Å². The maximum absolute atomic E-state index is 4.50. The summed E-state index contributed by atoms with van der Waals surface area (Å²) < 4.78 is 1.95. The van der Waals surface area contributed by atoms with Crippen LogP contribution >= 0.6 is 0 Å². The van der Waals surface area contributed by atoms with E-state index in [-0.39, 0.29) is 0 Å². The van der Waals surface area contributed by atoms with Crippen molar-refractivity contribution in [3.8, 4) is 16.8 Å². The molecule has 0 aliphatic rings. The summed E-state index contributed by atoms with van der Waals surface area (Å²) in [4.78, 5) is 0. The van der Waals surface area contributed by atoms with Crippen LogP contribution in [0.5, 0.6) is 0 Å². The van der Waals surface area contributed by atoms with Crippen molar-refractivity contribution in [2.45, 2.75) is 26.7 Å². The minimum absolute atomic E-state index is 1.11. The van der Waals surface area contributed by atoms with E-state index < -0.39 is 0 Å². The summed E-state index contributed by atoms with van der Waals surface area (Å²) in [7, 11) is 0. The minimum atomic E-state index is 1.11. The lowest BCUT2D eigenvalue weighted by molar-refractivity contribution is 0.868. The van der Waals surface area contributed by atoms with Crippen LogP contribution < -0.4 is 0 Å². The molecule has 0 fully saturated rings. The maximum Gasteiger partial charge on any atom is 0.0648 e. The first kappa shape index (κ1) is 13.6. The summed E-state index contributed by atoms with van der Waals surface area (Å²) in [6.45, 7) is 4.31. The Morgan fingerprint density at radius 2 is 1.81 bits per heavy atom. The second-order valence-corrected chi connectivity index (χ2v) is 5.46. The molecule has 0 atom stereocenters. The third-order valence-corrected chi connectivity index (χ3v) is 3.68. The van der Waals surface area contributed by atoms with Crippen molar-refractivity contribution in [3.05, 3.63) is 72.1 Å². The van der Waals surface area contributed by atoms with Crippen molar-refractivity contribution in [3.63, 3.8) is 0 Å². The molecule has 0 unspecified atom stereocenters. The number of hydrogen-bond donors (Lipinski definition) is 0. The molecule has 106 valence electrons. The van der Waals surface area contributed by atoms with Gasteiger partial charge in [-0.1, -0.05) is 55.3 Å². The van der Waals surface area contributed by atoms with Gasteiger partial charge in [0.2, 0.25) is 0 Å². The first-order chi connectivity index (χ1) is 10.3. The Kier molecular flexibility index (Phi) is 3.87. The van der Waals surface area contributed by atoms with Gasteiger partial charge in [0.25, 0.3) is 0 Å². The van der Waals surface area contributed by atoms with E-state index in [0.717, 1.165) is 24.1 Å². The molecular formula is C19H20N2. The molecule has 2 nitrogen and oxygen atoms in total. The fourth-order valence-electron chi connectivity index (χ4n) is 2.50. The Morgan fingerprint density at radius 1 is 1.00 bits per heavy atom. The summed E-state index contributed by atoms with van der Waals surface area (Å²) in [5.74, 6) is 0. The van der Waals surface area contributed by atoms with Crippen LogP contribution in [0.2, 0.25) is 0 Å². The van der Waals surface area contributed by atoms with Crippen molar-refractivity contribution in [2.24, 2.45) is 0 Å². The lowest BCUT2D eigenvalue weighted by atomic mass is 10.1. The van der Waals surface area contributed by atoms with E-state index in [1.807, 2.05) is 10.9 Å². The summed E-state index contributed by atoms with van der Waals surface area (Å²) in [6, 6.07) is 17.2. The molecule has 1 heterocycles. The Labute approximate surface area is 126 Å². The van der Waals surface area contributed by atoms with Gasteiger partial charge in [-0.2, -0.15) is 5.10 Å². The van der Waals surface area contributed by atoms with E-state index in [1.54, 1.807) is 0 Å². The standard InChI is InChI=1S/C19H20N2/c1-3-5-16-6-4-7-19(12-16)21-14-18(13-20-21)17-10-8-15(2)9-11-17/h4,6-14H,3,5H2,1-2H3. The summed E-state index contributed by atoms with van der Waals surface area (Å²) in [6.07, 6.45) is 6.30. The van der Waals surface area contributed by atoms with Crippen molar-refractivity contribution in [2.75, 3.05) is 0 Å². The quantitative estimate of drug-likeness (QED) is 0.669. The molecule has 3 rings (SSSR count). The second kappa shape index (κ2) is 5.96. The smallest absolute Gasteiger partial charge is 0.0648 e. The van der Waals surface area contributed by atoms with Gasteiger partial charge < -0.3 is 0 Å². The van der Waals surface area contributed by atoms with Crippen LogP contribution in [0.15, 0.2) is 60.9 Å². The fourth-order valence-corrected chi connectivity index (χ4v) is 2.50. The molecule has 0 amide bonds. The highest BCUT2D eigenvalue weighted by atomic mass is 15.3. The van der Waals surface area contributed by atoms with E-state index in [4.69, 9.17) is 0 Å². The molecule has 0 spiro atoms. The largest absolute Gasteiger partial charge is 0.240 e. The summed E-state index contributed by atoms with van der Waals surface area (Å²) in [5.41, 5.74) is 6.12. The second-order valence-electron chi connectivity index (χ2n) is 5.46. The Balaban J connectivity index is 1.91. The first-order valence-electron chi connectivity index (χ1n) is 7.47. The number of rotatable bonds is 4. The molecule has 0 aliphatic heterocycles. The SMILES string of the molecule is CCCc1cccc(-n2cc(-c3ccc(C)cc3)cn2)c1. The van der Waals surface area contributed by atoms with E-state index in [1.165, 1.54) is 16.7 Å². The maximum atomic E-state index is 4.50. The molecule has 0 saturated heterocycles. The molecule has 0 bridgehead atoms. The van der Waals surface area contributed by atoms with Crippen LogP contribution in [-0.2, 0) is 6.42 Å². The van der Waals surface area contributed by atoms with Gasteiger partial charge in [-0.15, -0.1) is 0 Å². The van der Waals surface area contributed by atoms with Crippen molar-refractivity contribution in [1.29, 1.82) is 0 Å². The van der Waals surface area contributed by atoms with Gasteiger partial charge in [0.1, 0.15) is 0 Å². The van der Waals surface area contributed by atoms with Crippen LogP contribution in [0.4, 0.5) is 0 Å². The van der Waals surface area contributed by atoms with Crippen molar-refractivity contribution in [1.82, 2.24) is 9.78 Å². The van der Waals surface area contributed by atoms with Gasteiger partial charge in [-0.3, -0.25) is 0 Å². The molecule has 0 saturated carbocycles. The summed E-state index contributed by atoms with van der Waals surface area (Å²) >= 11 is 0. The number of benzene rings is 2. The predicted octanol–water partition coefficient (Wildman–Crippen LogP) is 4.80. The monoisotopic (exact) mass is 276 g/mol. The van der Waals surface area contributed by atoms with Crippen LogP contribution in [0.25, 0.3) is 16.8 Å². The minimum Gasteiger partial charge on any atom is -0.240 e. The molecule has 0 aliphatic carbocycles. The highest BCUT2D eigenvalue weighted by Crippen LogP contribution is 2.21. The fraction of sp³-hybridized carbons (Fsp3) is 0.211. The lowest BCUT2D eigenvalue weighted by Gasteiger charge is -2.04. The zero-order chi connectivity index (χ0) is 14.7. The number of aromatic nitrogens is 2. The van der Waals surface area contributed by atoms with Gasteiger partial charge in [0, 0.05) is 11.8 Å². The van der Waals surface area contributed by atoms with E-state index >= 15 is 0 Å². The van der Waals surface area contributed by atoms with Crippen LogP contribution in [0.3, 0.4) is 0 Å². The molecule has 0 N–H and O–H groups in total. The van der Waals surface area contributed by atoms with Crippen LogP contribution in [-0.4, -0.2) is 9.78 Å². The number of aryl methyl sites for hydroxylation is 2.